The Kier molecular flexibility index (Phi) is 5.10. The van der Waals surface area contributed by atoms with Crippen molar-refractivity contribution in [2.75, 3.05) is 0 Å². The van der Waals surface area contributed by atoms with Crippen molar-refractivity contribution in [2.24, 2.45) is 17.3 Å². The summed E-state index contributed by atoms with van der Waals surface area (Å²) in [5.41, 5.74) is -0.325. The first-order chi connectivity index (χ1) is 11.1. The van der Waals surface area contributed by atoms with Gasteiger partial charge in [0.2, 0.25) is 0 Å². The number of carbonyl (C=O) groups is 2. The van der Waals surface area contributed by atoms with Gasteiger partial charge < -0.3 is 9.84 Å². The van der Waals surface area contributed by atoms with Gasteiger partial charge in [-0.1, -0.05) is 32.4 Å². The highest BCUT2D eigenvalue weighted by atomic mass is 16.5. The minimum absolute atomic E-state index is 0.0522. The van der Waals surface area contributed by atoms with Crippen LogP contribution >= 0.6 is 0 Å². The fourth-order valence-corrected chi connectivity index (χ4v) is 4.36. The Balaban J connectivity index is 2.48. The number of aliphatic hydroxyl groups is 1. The second kappa shape index (κ2) is 6.47. The van der Waals surface area contributed by atoms with Gasteiger partial charge in [-0.3, -0.25) is 4.79 Å². The molecule has 0 aliphatic heterocycles. The van der Waals surface area contributed by atoms with Crippen LogP contribution in [0.2, 0.25) is 0 Å². The number of hydrogen-bond acceptors (Lipinski definition) is 4. The van der Waals surface area contributed by atoms with E-state index in [0.29, 0.717) is 18.4 Å². The number of fused-ring (bicyclic) bond motifs is 1. The number of allylic oxidation sites excluding steroid dienone is 2. The Morgan fingerprint density at radius 2 is 2.08 bits per heavy atom. The second-order valence-electron chi connectivity index (χ2n) is 8.02. The molecule has 0 aromatic heterocycles. The fraction of sp³-hybridized carbons (Fsp3) is 0.700. The number of ether oxygens (including phenoxy) is 1. The van der Waals surface area contributed by atoms with Gasteiger partial charge in [0.05, 0.1) is 5.60 Å². The number of esters is 1. The molecule has 1 fully saturated rings. The SMILES string of the molecule is CC=C(C)C(=O)OC1C=C(C)CCC2(O)C(C(C)C)C(=O)CC12C. The van der Waals surface area contributed by atoms with Gasteiger partial charge >= 0.3 is 5.97 Å². The minimum atomic E-state index is -1.15. The van der Waals surface area contributed by atoms with Crippen molar-refractivity contribution in [1.29, 1.82) is 0 Å². The average Bonchev–Trinajstić information content (AvgIpc) is 2.65. The van der Waals surface area contributed by atoms with Crippen LogP contribution in [0.3, 0.4) is 0 Å². The largest absolute Gasteiger partial charge is 0.454 e. The highest BCUT2D eigenvalue weighted by molar-refractivity contribution is 5.89. The quantitative estimate of drug-likeness (QED) is 0.487. The summed E-state index contributed by atoms with van der Waals surface area (Å²) in [6.07, 6.45) is 4.51. The summed E-state index contributed by atoms with van der Waals surface area (Å²) in [5, 5.41) is 11.6. The Bertz CT molecular complexity index is 601. The van der Waals surface area contributed by atoms with Gasteiger partial charge in [0, 0.05) is 23.3 Å². The van der Waals surface area contributed by atoms with Crippen LogP contribution < -0.4 is 0 Å². The smallest absolute Gasteiger partial charge is 0.333 e. The molecule has 1 saturated carbocycles. The molecular formula is C20H30O4. The summed E-state index contributed by atoms with van der Waals surface area (Å²) >= 11 is 0. The van der Waals surface area contributed by atoms with E-state index >= 15 is 0 Å². The summed E-state index contributed by atoms with van der Waals surface area (Å²) in [5.74, 6) is -0.675. The van der Waals surface area contributed by atoms with Gasteiger partial charge in [0.25, 0.3) is 0 Å². The summed E-state index contributed by atoms with van der Waals surface area (Å²) in [6, 6.07) is 0. The zero-order valence-electron chi connectivity index (χ0n) is 15.7. The Labute approximate surface area is 145 Å². The van der Waals surface area contributed by atoms with Crippen LogP contribution in [0.1, 0.15) is 60.8 Å². The first-order valence-electron chi connectivity index (χ1n) is 8.83. The third-order valence-corrected chi connectivity index (χ3v) is 6.01. The van der Waals surface area contributed by atoms with Gasteiger partial charge in [-0.05, 0) is 45.6 Å². The molecule has 4 nitrogen and oxygen atoms in total. The van der Waals surface area contributed by atoms with Crippen molar-refractivity contribution in [1.82, 2.24) is 0 Å². The lowest BCUT2D eigenvalue weighted by Gasteiger charge is -2.45. The predicted molar refractivity (Wildman–Crippen MR) is 93.3 cm³/mol. The number of rotatable bonds is 3. The normalized spacial score (nSPS) is 37.1. The van der Waals surface area contributed by atoms with E-state index in [1.165, 1.54) is 0 Å². The number of Topliss-reactive ketones (excluding diaryl/α,β-unsaturated/α-hetero) is 1. The Morgan fingerprint density at radius 3 is 2.62 bits per heavy atom. The number of ketones is 1. The lowest BCUT2D eigenvalue weighted by Crippen LogP contribution is -2.54. The van der Waals surface area contributed by atoms with Gasteiger partial charge in [0.1, 0.15) is 11.9 Å². The fourth-order valence-electron chi connectivity index (χ4n) is 4.36. The summed E-state index contributed by atoms with van der Waals surface area (Å²) < 4.78 is 5.76. The minimum Gasteiger partial charge on any atom is -0.454 e. The van der Waals surface area contributed by atoms with Crippen LogP contribution in [0.15, 0.2) is 23.3 Å². The number of carbonyl (C=O) groups excluding carboxylic acids is 2. The van der Waals surface area contributed by atoms with E-state index in [-0.39, 0.29) is 18.1 Å². The van der Waals surface area contributed by atoms with Crippen LogP contribution in [0.5, 0.6) is 0 Å². The molecule has 134 valence electrons. The molecule has 4 atom stereocenters. The van der Waals surface area contributed by atoms with Gasteiger partial charge in [-0.2, -0.15) is 0 Å². The summed E-state index contributed by atoms with van der Waals surface area (Å²) in [6.45, 7) is 11.3. The average molecular weight is 334 g/mol. The molecule has 0 saturated heterocycles. The lowest BCUT2D eigenvalue weighted by atomic mass is 9.66. The van der Waals surface area contributed by atoms with E-state index in [2.05, 4.69) is 0 Å². The number of hydrogen-bond donors (Lipinski definition) is 1. The molecule has 24 heavy (non-hydrogen) atoms. The maximum atomic E-state index is 12.7. The van der Waals surface area contributed by atoms with Gasteiger partial charge in [-0.25, -0.2) is 4.79 Å². The van der Waals surface area contributed by atoms with E-state index in [9.17, 15) is 14.7 Å². The molecule has 0 amide bonds. The Morgan fingerprint density at radius 1 is 1.46 bits per heavy atom. The molecule has 0 radical (unpaired) electrons. The van der Waals surface area contributed by atoms with E-state index in [1.54, 1.807) is 19.9 Å². The monoisotopic (exact) mass is 334 g/mol. The molecule has 0 aromatic carbocycles. The van der Waals surface area contributed by atoms with Crippen LogP contribution in [0.25, 0.3) is 0 Å². The molecule has 2 aliphatic carbocycles. The molecule has 4 heteroatoms. The molecule has 1 N–H and O–H groups in total. The zero-order chi connectivity index (χ0) is 18.3. The first kappa shape index (κ1) is 18.9. The molecular weight excluding hydrogens is 304 g/mol. The molecule has 4 unspecified atom stereocenters. The second-order valence-corrected chi connectivity index (χ2v) is 8.02. The van der Waals surface area contributed by atoms with Crippen LogP contribution in [0, 0.1) is 17.3 Å². The van der Waals surface area contributed by atoms with Crippen LogP contribution in [-0.2, 0) is 14.3 Å². The van der Waals surface area contributed by atoms with Crippen molar-refractivity contribution in [3.63, 3.8) is 0 Å². The molecule has 0 heterocycles. The molecule has 0 aromatic rings. The van der Waals surface area contributed by atoms with E-state index < -0.39 is 29.0 Å². The van der Waals surface area contributed by atoms with Crippen molar-refractivity contribution in [2.45, 2.75) is 72.5 Å². The van der Waals surface area contributed by atoms with Crippen molar-refractivity contribution in [3.8, 4) is 0 Å². The van der Waals surface area contributed by atoms with E-state index in [4.69, 9.17) is 4.74 Å². The maximum absolute atomic E-state index is 12.7. The topological polar surface area (TPSA) is 63.6 Å². The molecule has 0 spiro atoms. The highest BCUT2D eigenvalue weighted by Gasteiger charge is 2.65. The Hall–Kier alpha value is -1.42. The third kappa shape index (κ3) is 2.85. The van der Waals surface area contributed by atoms with Gasteiger partial charge in [0.15, 0.2) is 0 Å². The molecule has 0 bridgehead atoms. The molecule has 2 rings (SSSR count). The van der Waals surface area contributed by atoms with Crippen molar-refractivity contribution >= 4 is 11.8 Å². The highest BCUT2D eigenvalue weighted by Crippen LogP contribution is 2.57. The third-order valence-electron chi connectivity index (χ3n) is 6.01. The lowest BCUT2D eigenvalue weighted by molar-refractivity contribution is -0.166. The molecule has 2 aliphatic rings. The van der Waals surface area contributed by atoms with Gasteiger partial charge in [-0.15, -0.1) is 0 Å². The standard InChI is InChI=1S/C20H30O4/c1-7-14(5)18(22)24-16-10-13(4)8-9-20(23)17(12(2)3)15(21)11-19(16,20)6/h7,10,12,16-17,23H,8-9,11H2,1-6H3. The maximum Gasteiger partial charge on any atom is 0.333 e. The summed E-state index contributed by atoms with van der Waals surface area (Å²) in [7, 11) is 0. The van der Waals surface area contributed by atoms with Crippen molar-refractivity contribution in [3.05, 3.63) is 23.3 Å². The summed E-state index contributed by atoms with van der Waals surface area (Å²) in [4.78, 5) is 25.0. The van der Waals surface area contributed by atoms with Crippen LogP contribution in [0.4, 0.5) is 0 Å². The predicted octanol–water partition coefficient (Wildman–Crippen LogP) is 3.59. The first-order valence-corrected chi connectivity index (χ1v) is 8.83. The van der Waals surface area contributed by atoms with E-state index in [0.717, 1.165) is 5.57 Å². The van der Waals surface area contributed by atoms with E-state index in [1.807, 2.05) is 33.8 Å². The zero-order valence-corrected chi connectivity index (χ0v) is 15.7. The van der Waals surface area contributed by atoms with Crippen molar-refractivity contribution < 1.29 is 19.4 Å². The van der Waals surface area contributed by atoms with Crippen LogP contribution in [-0.4, -0.2) is 28.6 Å².